The molecule has 27 heavy (non-hydrogen) atoms. The average Bonchev–Trinajstić information content (AvgIpc) is 2.92. The maximum atomic E-state index is 13.7. The van der Waals surface area contributed by atoms with Gasteiger partial charge in [-0.2, -0.15) is 5.10 Å². The van der Waals surface area contributed by atoms with Gasteiger partial charge in [0.1, 0.15) is 5.82 Å². The summed E-state index contributed by atoms with van der Waals surface area (Å²) in [7, 11) is 1.86. The third kappa shape index (κ3) is 4.41. The zero-order chi connectivity index (χ0) is 19.4. The van der Waals surface area contributed by atoms with Crippen LogP contribution in [0, 0.1) is 19.7 Å². The zero-order valence-corrected chi connectivity index (χ0v) is 15.7. The van der Waals surface area contributed by atoms with Crippen LogP contribution in [0.15, 0.2) is 54.6 Å². The van der Waals surface area contributed by atoms with Crippen LogP contribution < -0.4 is 5.32 Å². The number of aromatic nitrogens is 2. The van der Waals surface area contributed by atoms with Gasteiger partial charge in [0.15, 0.2) is 0 Å². The van der Waals surface area contributed by atoms with E-state index in [1.54, 1.807) is 18.2 Å². The monoisotopic (exact) mass is 366 g/mol. The van der Waals surface area contributed by atoms with Gasteiger partial charge in [0, 0.05) is 17.8 Å². The van der Waals surface area contributed by atoms with Crippen molar-refractivity contribution in [2.24, 2.45) is 0 Å². The minimum Gasteiger partial charge on any atom is -0.322 e. The number of para-hydroxylation sites is 2. The molecule has 140 valence electrons. The quantitative estimate of drug-likeness (QED) is 0.724. The van der Waals surface area contributed by atoms with Gasteiger partial charge in [-0.25, -0.2) is 9.07 Å². The van der Waals surface area contributed by atoms with Crippen LogP contribution >= 0.6 is 0 Å². The van der Waals surface area contributed by atoms with Crippen molar-refractivity contribution in [1.29, 1.82) is 0 Å². The molecule has 6 heteroatoms. The van der Waals surface area contributed by atoms with E-state index in [0.717, 1.165) is 22.6 Å². The molecular weight excluding hydrogens is 343 g/mol. The predicted octanol–water partition coefficient (Wildman–Crippen LogP) is 3.70. The van der Waals surface area contributed by atoms with E-state index in [4.69, 9.17) is 0 Å². The fraction of sp³-hybridized carbons (Fsp3) is 0.238. The third-order valence-corrected chi connectivity index (χ3v) is 4.43. The zero-order valence-electron chi connectivity index (χ0n) is 15.7. The molecule has 0 unspecified atom stereocenters. The molecule has 0 aliphatic heterocycles. The lowest BCUT2D eigenvalue weighted by atomic mass is 10.2. The second-order valence-corrected chi connectivity index (χ2v) is 6.60. The molecule has 0 saturated heterocycles. The molecule has 1 amide bonds. The van der Waals surface area contributed by atoms with Crippen LogP contribution in [0.25, 0.3) is 5.69 Å². The van der Waals surface area contributed by atoms with E-state index in [0.29, 0.717) is 6.54 Å². The van der Waals surface area contributed by atoms with Crippen LogP contribution in [0.5, 0.6) is 0 Å². The topological polar surface area (TPSA) is 50.2 Å². The molecule has 0 aliphatic rings. The Hall–Kier alpha value is -2.99. The van der Waals surface area contributed by atoms with Gasteiger partial charge in [0.2, 0.25) is 5.91 Å². The molecule has 0 bridgehead atoms. The summed E-state index contributed by atoms with van der Waals surface area (Å²) in [5, 5.41) is 7.24. The van der Waals surface area contributed by atoms with Gasteiger partial charge in [0.25, 0.3) is 0 Å². The summed E-state index contributed by atoms with van der Waals surface area (Å²) < 4.78 is 15.6. The molecule has 1 N–H and O–H groups in total. The van der Waals surface area contributed by atoms with E-state index >= 15 is 0 Å². The Morgan fingerprint density at radius 1 is 1.11 bits per heavy atom. The maximum absolute atomic E-state index is 13.7. The Kier molecular flexibility index (Phi) is 5.66. The Labute approximate surface area is 158 Å². The van der Waals surface area contributed by atoms with E-state index < -0.39 is 5.82 Å². The van der Waals surface area contributed by atoms with E-state index in [1.165, 1.54) is 6.07 Å². The average molecular weight is 366 g/mol. The van der Waals surface area contributed by atoms with Crippen molar-refractivity contribution < 1.29 is 9.18 Å². The SMILES string of the molecule is Cc1nn(-c2ccccc2)c(C)c1CN(C)CC(=O)Nc1ccccc1F. The van der Waals surface area contributed by atoms with Crippen LogP contribution in [0.2, 0.25) is 0 Å². The minimum atomic E-state index is -0.440. The lowest BCUT2D eigenvalue weighted by Crippen LogP contribution is -2.30. The number of halogens is 1. The lowest BCUT2D eigenvalue weighted by Gasteiger charge is -2.17. The van der Waals surface area contributed by atoms with Crippen molar-refractivity contribution in [2.45, 2.75) is 20.4 Å². The smallest absolute Gasteiger partial charge is 0.238 e. The minimum absolute atomic E-state index is 0.156. The molecule has 1 aromatic heterocycles. The fourth-order valence-electron chi connectivity index (χ4n) is 3.05. The van der Waals surface area contributed by atoms with Crippen LogP contribution in [0.4, 0.5) is 10.1 Å². The van der Waals surface area contributed by atoms with Crippen molar-refractivity contribution in [3.05, 3.63) is 77.4 Å². The second-order valence-electron chi connectivity index (χ2n) is 6.60. The first-order valence-electron chi connectivity index (χ1n) is 8.79. The van der Waals surface area contributed by atoms with Gasteiger partial charge in [0.05, 0.1) is 23.6 Å². The maximum Gasteiger partial charge on any atom is 0.238 e. The number of hydrogen-bond acceptors (Lipinski definition) is 3. The molecule has 5 nitrogen and oxygen atoms in total. The summed E-state index contributed by atoms with van der Waals surface area (Å²) in [6.07, 6.45) is 0. The largest absolute Gasteiger partial charge is 0.322 e. The summed E-state index contributed by atoms with van der Waals surface area (Å²) in [5.41, 5.74) is 4.25. The molecule has 0 saturated carbocycles. The van der Waals surface area contributed by atoms with E-state index in [1.807, 2.05) is 60.8 Å². The molecule has 0 atom stereocenters. The van der Waals surface area contributed by atoms with Crippen LogP contribution in [-0.4, -0.2) is 34.2 Å². The van der Waals surface area contributed by atoms with E-state index in [2.05, 4.69) is 10.4 Å². The highest BCUT2D eigenvalue weighted by atomic mass is 19.1. The van der Waals surface area contributed by atoms with Gasteiger partial charge in [-0.1, -0.05) is 30.3 Å². The highest BCUT2D eigenvalue weighted by Crippen LogP contribution is 2.19. The van der Waals surface area contributed by atoms with Gasteiger partial charge in [-0.3, -0.25) is 9.69 Å². The second kappa shape index (κ2) is 8.14. The number of amides is 1. The Morgan fingerprint density at radius 3 is 2.48 bits per heavy atom. The van der Waals surface area contributed by atoms with E-state index in [9.17, 15) is 9.18 Å². The summed E-state index contributed by atoms with van der Waals surface area (Å²) >= 11 is 0. The first kappa shape index (κ1) is 18.8. The number of anilines is 1. The molecule has 3 aromatic rings. The van der Waals surface area contributed by atoms with Gasteiger partial charge in [-0.05, 0) is 45.2 Å². The highest BCUT2D eigenvalue weighted by molar-refractivity contribution is 5.92. The van der Waals surface area contributed by atoms with Crippen LogP contribution in [-0.2, 0) is 11.3 Å². The van der Waals surface area contributed by atoms with E-state index in [-0.39, 0.29) is 18.1 Å². The Morgan fingerprint density at radius 2 is 1.78 bits per heavy atom. The number of nitrogens with one attached hydrogen (secondary N) is 1. The van der Waals surface area contributed by atoms with Crippen molar-refractivity contribution in [3.63, 3.8) is 0 Å². The van der Waals surface area contributed by atoms with Crippen LogP contribution in [0.3, 0.4) is 0 Å². The molecule has 2 aromatic carbocycles. The standard InChI is InChI=1S/C21H23FN4O/c1-15-18(16(2)26(24-15)17-9-5-4-6-10-17)13-25(3)14-21(27)23-20-12-8-7-11-19(20)22/h4-12H,13-14H2,1-3H3,(H,23,27). The molecular formula is C21H23FN4O. The third-order valence-electron chi connectivity index (χ3n) is 4.43. The van der Waals surface area contributed by atoms with Crippen molar-refractivity contribution in [1.82, 2.24) is 14.7 Å². The number of likely N-dealkylation sites (N-methyl/N-ethyl adjacent to an activating group) is 1. The summed E-state index contributed by atoms with van der Waals surface area (Å²) in [4.78, 5) is 14.1. The first-order valence-corrected chi connectivity index (χ1v) is 8.79. The highest BCUT2D eigenvalue weighted by Gasteiger charge is 2.16. The molecule has 1 heterocycles. The van der Waals surface area contributed by atoms with Crippen molar-refractivity contribution in [3.8, 4) is 5.69 Å². The lowest BCUT2D eigenvalue weighted by molar-refractivity contribution is -0.117. The van der Waals surface area contributed by atoms with Gasteiger partial charge >= 0.3 is 0 Å². The summed E-state index contributed by atoms with van der Waals surface area (Å²) in [5.74, 6) is -0.697. The van der Waals surface area contributed by atoms with Crippen LogP contribution in [0.1, 0.15) is 17.0 Å². The molecule has 0 spiro atoms. The van der Waals surface area contributed by atoms with Crippen molar-refractivity contribution >= 4 is 11.6 Å². The number of carbonyl (C=O) groups excluding carboxylic acids is 1. The van der Waals surface area contributed by atoms with Gasteiger partial charge in [-0.15, -0.1) is 0 Å². The number of hydrogen-bond donors (Lipinski definition) is 1. The number of benzene rings is 2. The molecule has 0 fully saturated rings. The summed E-state index contributed by atoms with van der Waals surface area (Å²) in [6, 6.07) is 16.1. The normalized spacial score (nSPS) is 11.0. The number of rotatable bonds is 6. The molecule has 0 aliphatic carbocycles. The summed E-state index contributed by atoms with van der Waals surface area (Å²) in [6.45, 7) is 4.73. The predicted molar refractivity (Wildman–Crippen MR) is 104 cm³/mol. The number of aryl methyl sites for hydroxylation is 1. The molecule has 3 rings (SSSR count). The Bertz CT molecular complexity index is 937. The fourth-order valence-corrected chi connectivity index (χ4v) is 3.05. The Balaban J connectivity index is 1.68. The van der Waals surface area contributed by atoms with Gasteiger partial charge < -0.3 is 5.32 Å². The molecule has 0 radical (unpaired) electrons. The number of carbonyl (C=O) groups is 1. The first-order chi connectivity index (χ1) is 13.0. The number of nitrogens with zero attached hydrogens (tertiary/aromatic N) is 3. The van der Waals surface area contributed by atoms with Crippen molar-refractivity contribution in [2.75, 3.05) is 18.9 Å².